The fraction of sp³-hybridized carbons (Fsp3) is 0.353. The lowest BCUT2D eigenvalue weighted by Crippen LogP contribution is -2.10. The van der Waals surface area contributed by atoms with E-state index in [0.29, 0.717) is 6.04 Å². The molecule has 118 valence electrons. The number of aromatic amines is 1. The first kappa shape index (κ1) is 14.5. The third kappa shape index (κ3) is 2.57. The molecule has 1 aliphatic rings. The fourth-order valence-electron chi connectivity index (χ4n) is 2.70. The Morgan fingerprint density at radius 3 is 2.87 bits per heavy atom. The third-order valence-electron chi connectivity index (χ3n) is 4.26. The van der Waals surface area contributed by atoms with Gasteiger partial charge in [0.15, 0.2) is 11.0 Å². The van der Waals surface area contributed by atoms with Crippen LogP contribution in [0.4, 0.5) is 0 Å². The first-order valence-electron chi connectivity index (χ1n) is 7.83. The zero-order valence-electron chi connectivity index (χ0n) is 13.1. The molecule has 23 heavy (non-hydrogen) atoms. The van der Waals surface area contributed by atoms with E-state index in [-0.39, 0.29) is 11.0 Å². The smallest absolute Gasteiger partial charge is 0.192 e. The number of benzene rings is 1. The van der Waals surface area contributed by atoms with Crippen LogP contribution in [-0.2, 0) is 4.79 Å². The Morgan fingerprint density at radius 2 is 2.13 bits per heavy atom. The van der Waals surface area contributed by atoms with Gasteiger partial charge in [0.1, 0.15) is 5.78 Å². The maximum atomic E-state index is 11.6. The Morgan fingerprint density at radius 1 is 1.35 bits per heavy atom. The fourth-order valence-corrected chi connectivity index (χ4v) is 3.62. The summed E-state index contributed by atoms with van der Waals surface area (Å²) in [5.74, 6) is 1.05. The van der Waals surface area contributed by atoms with Gasteiger partial charge in [-0.3, -0.25) is 9.36 Å². The van der Waals surface area contributed by atoms with Gasteiger partial charge >= 0.3 is 0 Å². The molecule has 0 amide bonds. The van der Waals surface area contributed by atoms with Gasteiger partial charge in [0.25, 0.3) is 0 Å². The summed E-state index contributed by atoms with van der Waals surface area (Å²) < 4.78 is 2.21. The number of thioether (sulfide) groups is 1. The van der Waals surface area contributed by atoms with Crippen LogP contribution in [0.2, 0.25) is 0 Å². The number of carbonyl (C=O) groups excluding carboxylic acids is 1. The van der Waals surface area contributed by atoms with E-state index >= 15 is 0 Å². The molecule has 2 aromatic heterocycles. The summed E-state index contributed by atoms with van der Waals surface area (Å²) in [5.41, 5.74) is 2.17. The summed E-state index contributed by atoms with van der Waals surface area (Å²) in [6.07, 6.45) is 4.29. The van der Waals surface area contributed by atoms with Crippen molar-refractivity contribution >= 4 is 28.4 Å². The van der Waals surface area contributed by atoms with E-state index in [1.807, 2.05) is 25.3 Å². The van der Waals surface area contributed by atoms with Gasteiger partial charge in [-0.05, 0) is 32.8 Å². The molecule has 3 aromatic rings. The van der Waals surface area contributed by atoms with Gasteiger partial charge in [0.05, 0.1) is 5.25 Å². The molecule has 0 bridgehead atoms. The summed E-state index contributed by atoms with van der Waals surface area (Å²) in [6.45, 7) is 3.54. The van der Waals surface area contributed by atoms with Crippen molar-refractivity contribution in [3.05, 3.63) is 30.5 Å². The van der Waals surface area contributed by atoms with Crippen molar-refractivity contribution in [1.82, 2.24) is 19.7 Å². The molecule has 0 radical (unpaired) electrons. The highest BCUT2D eigenvalue weighted by Crippen LogP contribution is 2.42. The molecule has 1 aromatic carbocycles. The van der Waals surface area contributed by atoms with Gasteiger partial charge in [0.2, 0.25) is 0 Å². The minimum absolute atomic E-state index is 0.104. The van der Waals surface area contributed by atoms with Crippen molar-refractivity contribution < 1.29 is 4.79 Å². The highest BCUT2D eigenvalue weighted by molar-refractivity contribution is 8.00. The van der Waals surface area contributed by atoms with Crippen molar-refractivity contribution in [2.24, 2.45) is 0 Å². The molecule has 0 saturated heterocycles. The lowest BCUT2D eigenvalue weighted by atomic mass is 10.1. The molecule has 2 heterocycles. The number of Topliss-reactive ketones (excluding diaryl/α,β-unsaturated/α-hetero) is 1. The molecule has 5 nitrogen and oxygen atoms in total. The van der Waals surface area contributed by atoms with E-state index in [1.54, 1.807) is 6.92 Å². The molecular formula is C17H18N4OS. The molecule has 4 rings (SSSR count). The number of rotatable bonds is 5. The number of ketones is 1. The third-order valence-corrected chi connectivity index (χ3v) is 5.44. The predicted molar refractivity (Wildman–Crippen MR) is 91.6 cm³/mol. The molecule has 6 heteroatoms. The number of H-pyrrole nitrogens is 1. The predicted octanol–water partition coefficient (Wildman–Crippen LogP) is 3.83. The lowest BCUT2D eigenvalue weighted by Gasteiger charge is -2.10. The molecule has 1 saturated carbocycles. The van der Waals surface area contributed by atoms with Gasteiger partial charge < -0.3 is 4.98 Å². The highest BCUT2D eigenvalue weighted by atomic mass is 32.2. The Balaban J connectivity index is 1.80. The lowest BCUT2D eigenvalue weighted by molar-refractivity contribution is -0.116. The summed E-state index contributed by atoms with van der Waals surface area (Å²) >= 11 is 1.50. The number of hydrogen-bond acceptors (Lipinski definition) is 4. The van der Waals surface area contributed by atoms with Gasteiger partial charge in [0, 0.05) is 28.7 Å². The van der Waals surface area contributed by atoms with E-state index in [2.05, 4.69) is 31.9 Å². The van der Waals surface area contributed by atoms with Crippen LogP contribution in [-0.4, -0.2) is 30.8 Å². The van der Waals surface area contributed by atoms with E-state index in [4.69, 9.17) is 0 Å². The van der Waals surface area contributed by atoms with Crippen molar-refractivity contribution in [3.63, 3.8) is 0 Å². The topological polar surface area (TPSA) is 63.6 Å². The van der Waals surface area contributed by atoms with Crippen LogP contribution in [0.25, 0.3) is 22.3 Å². The summed E-state index contributed by atoms with van der Waals surface area (Å²) in [4.78, 5) is 14.9. The zero-order valence-corrected chi connectivity index (χ0v) is 13.9. The standard InChI is InChI=1S/C17H18N4OS/c1-10(22)11(2)23-17-20-19-16(21(17)12-7-8-12)14-9-18-15-6-4-3-5-13(14)15/h3-6,9,11-12,18H,7-8H2,1-2H3. The van der Waals surface area contributed by atoms with Crippen molar-refractivity contribution in [2.45, 2.75) is 43.1 Å². The van der Waals surface area contributed by atoms with E-state index < -0.39 is 0 Å². The molecule has 0 spiro atoms. The number of fused-ring (bicyclic) bond motifs is 1. The summed E-state index contributed by atoms with van der Waals surface area (Å²) in [6, 6.07) is 8.66. The second-order valence-electron chi connectivity index (χ2n) is 6.03. The van der Waals surface area contributed by atoms with Crippen LogP contribution in [0.5, 0.6) is 0 Å². The van der Waals surface area contributed by atoms with Crippen molar-refractivity contribution in [2.75, 3.05) is 0 Å². The minimum atomic E-state index is -0.104. The Bertz CT molecular complexity index is 878. The van der Waals surface area contributed by atoms with Crippen LogP contribution in [0.3, 0.4) is 0 Å². The second-order valence-corrected chi connectivity index (χ2v) is 7.33. The average Bonchev–Trinajstić information content (AvgIpc) is 3.16. The quantitative estimate of drug-likeness (QED) is 0.724. The largest absolute Gasteiger partial charge is 0.360 e. The summed E-state index contributed by atoms with van der Waals surface area (Å²) in [7, 11) is 0. The number of nitrogens with one attached hydrogen (secondary N) is 1. The maximum Gasteiger partial charge on any atom is 0.192 e. The van der Waals surface area contributed by atoms with Crippen molar-refractivity contribution in [1.29, 1.82) is 0 Å². The highest BCUT2D eigenvalue weighted by Gasteiger charge is 2.31. The minimum Gasteiger partial charge on any atom is -0.360 e. The molecule has 1 fully saturated rings. The monoisotopic (exact) mass is 326 g/mol. The van der Waals surface area contributed by atoms with Crippen LogP contribution < -0.4 is 0 Å². The molecular weight excluding hydrogens is 308 g/mol. The van der Waals surface area contributed by atoms with Crippen molar-refractivity contribution in [3.8, 4) is 11.4 Å². The van der Waals surface area contributed by atoms with E-state index in [1.165, 1.54) is 11.8 Å². The second kappa shape index (κ2) is 5.53. The number of hydrogen-bond donors (Lipinski definition) is 1. The molecule has 1 atom stereocenters. The SMILES string of the molecule is CC(=O)C(C)Sc1nnc(-c2c[nH]c3ccccc23)n1C1CC1. The first-order valence-corrected chi connectivity index (χ1v) is 8.71. The van der Waals surface area contributed by atoms with Crippen LogP contribution in [0, 0.1) is 0 Å². The summed E-state index contributed by atoms with van der Waals surface area (Å²) in [5, 5.41) is 10.7. The van der Waals surface area contributed by atoms with Gasteiger partial charge in [-0.25, -0.2) is 0 Å². The van der Waals surface area contributed by atoms with Crippen LogP contribution >= 0.6 is 11.8 Å². The Hall–Kier alpha value is -2.08. The Kier molecular flexibility index (Phi) is 3.49. The number of para-hydroxylation sites is 1. The molecule has 1 aliphatic carbocycles. The van der Waals surface area contributed by atoms with Gasteiger partial charge in [-0.2, -0.15) is 0 Å². The first-order chi connectivity index (χ1) is 11.1. The van der Waals surface area contributed by atoms with E-state index in [9.17, 15) is 4.79 Å². The normalized spacial score (nSPS) is 15.9. The maximum absolute atomic E-state index is 11.6. The molecule has 0 aliphatic heterocycles. The van der Waals surface area contributed by atoms with Gasteiger partial charge in [-0.1, -0.05) is 30.0 Å². The number of nitrogens with zero attached hydrogens (tertiary/aromatic N) is 3. The van der Waals surface area contributed by atoms with Crippen LogP contribution in [0.15, 0.2) is 35.6 Å². The number of aromatic nitrogens is 4. The zero-order chi connectivity index (χ0) is 16.0. The number of carbonyl (C=O) groups is 1. The Labute approximate surface area is 138 Å². The van der Waals surface area contributed by atoms with E-state index in [0.717, 1.165) is 40.3 Å². The molecule has 1 unspecified atom stereocenters. The molecule has 1 N–H and O–H groups in total. The van der Waals surface area contributed by atoms with Gasteiger partial charge in [-0.15, -0.1) is 10.2 Å². The van der Waals surface area contributed by atoms with Crippen LogP contribution in [0.1, 0.15) is 32.7 Å². The average molecular weight is 326 g/mol.